The molecule has 0 unspecified atom stereocenters. The third kappa shape index (κ3) is 4.91. The Bertz CT molecular complexity index is 1170. The molecule has 0 spiro atoms. The van der Waals surface area contributed by atoms with Gasteiger partial charge in [0.15, 0.2) is 11.5 Å². The zero-order valence-electron chi connectivity index (χ0n) is 17.1. The zero-order chi connectivity index (χ0) is 22.8. The minimum absolute atomic E-state index is 0.000656. The molecule has 0 saturated carbocycles. The number of amides is 2. The first-order valence-electron chi connectivity index (χ1n) is 9.62. The second kappa shape index (κ2) is 8.85. The molecule has 2 aromatic carbocycles. The second-order valence-corrected chi connectivity index (χ2v) is 8.10. The smallest absolute Gasteiger partial charge is 0.269 e. The molecule has 1 heterocycles. The van der Waals surface area contributed by atoms with Gasteiger partial charge in [0, 0.05) is 11.8 Å². The van der Waals surface area contributed by atoms with E-state index in [9.17, 15) is 18.8 Å². The molecule has 0 fully saturated rings. The van der Waals surface area contributed by atoms with Gasteiger partial charge in [-0.25, -0.2) is 4.39 Å². The number of aromatic nitrogens is 2. The van der Waals surface area contributed by atoms with Crippen LogP contribution in [-0.2, 0) is 22.6 Å². The van der Waals surface area contributed by atoms with Crippen molar-refractivity contribution in [3.63, 3.8) is 0 Å². The van der Waals surface area contributed by atoms with E-state index < -0.39 is 23.2 Å². The summed E-state index contributed by atoms with van der Waals surface area (Å²) in [5.41, 5.74) is 5.18. The van der Waals surface area contributed by atoms with E-state index in [1.165, 1.54) is 10.7 Å². The average molecular weight is 445 g/mol. The monoisotopic (exact) mass is 444 g/mol. The van der Waals surface area contributed by atoms with Crippen LogP contribution in [0.3, 0.4) is 0 Å². The van der Waals surface area contributed by atoms with Gasteiger partial charge in [-0.05, 0) is 38.0 Å². The third-order valence-corrected chi connectivity index (χ3v) is 5.28. The van der Waals surface area contributed by atoms with E-state index in [4.69, 9.17) is 17.3 Å². The van der Waals surface area contributed by atoms with Gasteiger partial charge in [-0.3, -0.25) is 19.1 Å². The molecule has 0 bridgehead atoms. The molecule has 1 aromatic heterocycles. The molecular formula is C22H22ClFN4O3. The molecule has 2 amide bonds. The lowest BCUT2D eigenvalue weighted by Gasteiger charge is -2.25. The maximum absolute atomic E-state index is 14.0. The number of benzene rings is 2. The molecule has 31 heavy (non-hydrogen) atoms. The molecule has 7 nitrogen and oxygen atoms in total. The van der Waals surface area contributed by atoms with Crippen molar-refractivity contribution in [1.29, 1.82) is 0 Å². The number of nitrogens with one attached hydrogen (secondary N) is 1. The first-order chi connectivity index (χ1) is 14.6. The number of carbonyl (C=O) groups excluding carboxylic acids is 3. The van der Waals surface area contributed by atoms with Gasteiger partial charge in [0.2, 0.25) is 5.91 Å². The molecule has 3 N–H and O–H groups in total. The molecule has 162 valence electrons. The number of hydrogen-bond donors (Lipinski definition) is 2. The molecular weight excluding hydrogens is 423 g/mol. The van der Waals surface area contributed by atoms with E-state index in [0.717, 1.165) is 0 Å². The van der Waals surface area contributed by atoms with Crippen LogP contribution in [0.2, 0.25) is 5.02 Å². The largest absolute Gasteiger partial charge is 0.364 e. The highest BCUT2D eigenvalue weighted by atomic mass is 35.5. The molecule has 0 saturated heterocycles. The third-order valence-electron chi connectivity index (χ3n) is 4.99. The Hall–Kier alpha value is -3.26. The zero-order valence-corrected chi connectivity index (χ0v) is 17.9. The number of nitrogens with two attached hydrogens (primary N) is 1. The van der Waals surface area contributed by atoms with Gasteiger partial charge in [0.1, 0.15) is 12.4 Å². The van der Waals surface area contributed by atoms with Crippen molar-refractivity contribution in [1.82, 2.24) is 15.1 Å². The summed E-state index contributed by atoms with van der Waals surface area (Å²) in [5.74, 6) is -1.96. The van der Waals surface area contributed by atoms with Crippen molar-refractivity contribution < 1.29 is 18.8 Å². The Labute approximate surface area is 183 Å². The van der Waals surface area contributed by atoms with Gasteiger partial charge < -0.3 is 11.1 Å². The number of para-hydroxylation sites is 1. The summed E-state index contributed by atoms with van der Waals surface area (Å²) in [6.45, 7) is 2.96. The molecule has 3 aromatic rings. The molecule has 0 aliphatic carbocycles. The van der Waals surface area contributed by atoms with Crippen LogP contribution in [0.5, 0.6) is 0 Å². The fraction of sp³-hybridized carbons (Fsp3) is 0.273. The summed E-state index contributed by atoms with van der Waals surface area (Å²) >= 11 is 5.77. The van der Waals surface area contributed by atoms with Crippen LogP contribution in [0.4, 0.5) is 4.39 Å². The van der Waals surface area contributed by atoms with E-state index in [1.54, 1.807) is 50.2 Å². The summed E-state index contributed by atoms with van der Waals surface area (Å²) in [6, 6.07) is 11.5. The topological polar surface area (TPSA) is 107 Å². The maximum Gasteiger partial charge on any atom is 0.269 e. The minimum Gasteiger partial charge on any atom is -0.364 e. The number of fused-ring (bicyclic) bond motifs is 1. The van der Waals surface area contributed by atoms with Gasteiger partial charge in [-0.1, -0.05) is 41.9 Å². The summed E-state index contributed by atoms with van der Waals surface area (Å²) in [4.78, 5) is 36.9. The first kappa shape index (κ1) is 22.4. The number of rotatable bonds is 8. The fourth-order valence-corrected chi connectivity index (χ4v) is 3.52. The fourth-order valence-electron chi connectivity index (χ4n) is 3.33. The summed E-state index contributed by atoms with van der Waals surface area (Å²) in [7, 11) is 0. The van der Waals surface area contributed by atoms with Gasteiger partial charge in [0.05, 0.1) is 16.1 Å². The Kier molecular flexibility index (Phi) is 6.40. The molecule has 0 aliphatic rings. The van der Waals surface area contributed by atoms with Crippen LogP contribution in [0.15, 0.2) is 42.5 Å². The predicted octanol–water partition coefficient (Wildman–Crippen LogP) is 3.02. The quantitative estimate of drug-likeness (QED) is 0.556. The van der Waals surface area contributed by atoms with Crippen molar-refractivity contribution >= 4 is 40.1 Å². The van der Waals surface area contributed by atoms with Crippen molar-refractivity contribution in [2.75, 3.05) is 0 Å². The molecule has 9 heteroatoms. The lowest BCUT2D eigenvalue weighted by atomic mass is 9.93. The van der Waals surface area contributed by atoms with E-state index in [-0.39, 0.29) is 35.9 Å². The van der Waals surface area contributed by atoms with E-state index in [2.05, 4.69) is 10.4 Å². The Morgan fingerprint density at radius 2 is 1.87 bits per heavy atom. The van der Waals surface area contributed by atoms with Crippen LogP contribution in [0.25, 0.3) is 10.9 Å². The number of aryl methyl sites for hydroxylation is 1. The highest BCUT2D eigenvalue weighted by molar-refractivity contribution is 6.30. The maximum atomic E-state index is 14.0. The highest BCUT2D eigenvalue weighted by Gasteiger charge is 2.29. The van der Waals surface area contributed by atoms with Crippen molar-refractivity contribution in [2.24, 2.45) is 5.73 Å². The normalized spacial score (nSPS) is 11.5. The molecule has 3 rings (SSSR count). The number of halogens is 2. The SMILES string of the molecule is CC(C)(NC(=O)Cn1nc(C(N)=O)c2ccccc21)C(=O)CCc1cccc(Cl)c1F. The van der Waals surface area contributed by atoms with Crippen molar-refractivity contribution in [3.05, 3.63) is 64.6 Å². The van der Waals surface area contributed by atoms with E-state index in [0.29, 0.717) is 16.5 Å². The lowest BCUT2D eigenvalue weighted by Crippen LogP contribution is -2.50. The van der Waals surface area contributed by atoms with Gasteiger partial charge in [-0.15, -0.1) is 0 Å². The number of carbonyl (C=O) groups is 3. The van der Waals surface area contributed by atoms with Crippen molar-refractivity contribution in [2.45, 2.75) is 38.8 Å². The number of primary amides is 1. The highest BCUT2D eigenvalue weighted by Crippen LogP contribution is 2.21. The van der Waals surface area contributed by atoms with Crippen molar-refractivity contribution in [3.8, 4) is 0 Å². The van der Waals surface area contributed by atoms with Crippen LogP contribution >= 0.6 is 11.6 Å². The lowest BCUT2D eigenvalue weighted by molar-refractivity contribution is -0.131. The van der Waals surface area contributed by atoms with Gasteiger partial charge in [0.25, 0.3) is 5.91 Å². The van der Waals surface area contributed by atoms with Gasteiger partial charge >= 0.3 is 0 Å². The number of nitrogens with zero attached hydrogens (tertiary/aromatic N) is 2. The predicted molar refractivity (Wildman–Crippen MR) is 115 cm³/mol. The minimum atomic E-state index is -1.18. The molecule has 0 aliphatic heterocycles. The van der Waals surface area contributed by atoms with Crippen LogP contribution in [-0.4, -0.2) is 32.9 Å². The number of hydrogen-bond acceptors (Lipinski definition) is 4. The number of ketones is 1. The number of Topliss-reactive ketones (excluding diaryl/α,β-unsaturated/α-hetero) is 1. The average Bonchev–Trinajstić information content (AvgIpc) is 3.07. The first-order valence-corrected chi connectivity index (χ1v) is 10.0. The molecule has 0 radical (unpaired) electrons. The molecule has 0 atom stereocenters. The van der Waals surface area contributed by atoms with Crippen LogP contribution in [0.1, 0.15) is 36.3 Å². The standard InChI is InChI=1S/C22H22ClFN4O3/c1-22(2,17(29)11-10-13-6-5-8-15(23)19(13)24)26-18(30)12-28-16-9-4-3-7-14(16)20(27-28)21(25)31/h3-9H,10-12H2,1-2H3,(H2,25,31)(H,26,30). The summed E-state index contributed by atoms with van der Waals surface area (Å²) < 4.78 is 15.4. The Morgan fingerprint density at radius 1 is 1.16 bits per heavy atom. The van der Waals surface area contributed by atoms with E-state index >= 15 is 0 Å². The van der Waals surface area contributed by atoms with Gasteiger partial charge in [-0.2, -0.15) is 5.10 Å². The summed E-state index contributed by atoms with van der Waals surface area (Å²) in [6.07, 6.45) is 0.192. The van der Waals surface area contributed by atoms with Crippen LogP contribution in [0, 0.1) is 5.82 Å². The van der Waals surface area contributed by atoms with E-state index in [1.807, 2.05) is 0 Å². The Balaban J connectivity index is 1.68. The second-order valence-electron chi connectivity index (χ2n) is 7.70. The Morgan fingerprint density at radius 3 is 2.58 bits per heavy atom. The van der Waals surface area contributed by atoms with Crippen LogP contribution < -0.4 is 11.1 Å². The summed E-state index contributed by atoms with van der Waals surface area (Å²) in [5, 5.41) is 7.37.